The minimum Gasteiger partial charge on any atom is -0.309 e. The van der Waals surface area contributed by atoms with Gasteiger partial charge < -0.3 is 10.2 Å². The summed E-state index contributed by atoms with van der Waals surface area (Å²) in [6, 6.07) is 7.10. The minimum atomic E-state index is -0.120. The number of benzene rings is 1. The van der Waals surface area contributed by atoms with Crippen LogP contribution in [0.5, 0.6) is 0 Å². The SMILES string of the molecule is CCCNC(CN(C)CC)c1ccccc1F. The van der Waals surface area contributed by atoms with Crippen molar-refractivity contribution in [3.8, 4) is 0 Å². The number of halogens is 1. The first-order valence-electron chi connectivity index (χ1n) is 6.35. The molecule has 1 rings (SSSR count). The van der Waals surface area contributed by atoms with E-state index in [-0.39, 0.29) is 11.9 Å². The van der Waals surface area contributed by atoms with Crippen LogP contribution in [0.3, 0.4) is 0 Å². The quantitative estimate of drug-likeness (QED) is 0.786. The van der Waals surface area contributed by atoms with Crippen LogP contribution in [0.25, 0.3) is 0 Å². The van der Waals surface area contributed by atoms with E-state index in [4.69, 9.17) is 0 Å². The lowest BCUT2D eigenvalue weighted by atomic mass is 10.1. The van der Waals surface area contributed by atoms with Gasteiger partial charge in [0.05, 0.1) is 0 Å². The fraction of sp³-hybridized carbons (Fsp3) is 0.571. The number of nitrogens with zero attached hydrogens (tertiary/aromatic N) is 1. The van der Waals surface area contributed by atoms with Crippen molar-refractivity contribution in [3.63, 3.8) is 0 Å². The zero-order valence-electron chi connectivity index (χ0n) is 11.0. The molecule has 3 heteroatoms. The van der Waals surface area contributed by atoms with Crippen molar-refractivity contribution in [1.29, 1.82) is 0 Å². The topological polar surface area (TPSA) is 15.3 Å². The van der Waals surface area contributed by atoms with Crippen LogP contribution < -0.4 is 5.32 Å². The molecule has 0 aromatic heterocycles. The van der Waals surface area contributed by atoms with Gasteiger partial charge in [0.15, 0.2) is 0 Å². The zero-order chi connectivity index (χ0) is 12.7. The Balaban J connectivity index is 2.78. The summed E-state index contributed by atoms with van der Waals surface area (Å²) < 4.78 is 13.8. The van der Waals surface area contributed by atoms with Gasteiger partial charge in [-0.25, -0.2) is 4.39 Å². The fourth-order valence-corrected chi connectivity index (χ4v) is 1.79. The lowest BCUT2D eigenvalue weighted by Gasteiger charge is -2.24. The molecule has 0 saturated heterocycles. The van der Waals surface area contributed by atoms with Gasteiger partial charge >= 0.3 is 0 Å². The normalized spacial score (nSPS) is 13.0. The van der Waals surface area contributed by atoms with Crippen LogP contribution in [0.2, 0.25) is 0 Å². The molecule has 0 fully saturated rings. The summed E-state index contributed by atoms with van der Waals surface area (Å²) in [5, 5.41) is 3.41. The average molecular weight is 238 g/mol. The van der Waals surface area contributed by atoms with Gasteiger partial charge in [0.1, 0.15) is 5.82 Å². The van der Waals surface area contributed by atoms with Gasteiger partial charge in [-0.3, -0.25) is 0 Å². The fourth-order valence-electron chi connectivity index (χ4n) is 1.79. The monoisotopic (exact) mass is 238 g/mol. The number of hydrogen-bond acceptors (Lipinski definition) is 2. The van der Waals surface area contributed by atoms with Crippen LogP contribution >= 0.6 is 0 Å². The number of hydrogen-bond donors (Lipinski definition) is 1. The van der Waals surface area contributed by atoms with E-state index in [1.165, 1.54) is 6.07 Å². The van der Waals surface area contributed by atoms with Gasteiger partial charge in [0.25, 0.3) is 0 Å². The molecule has 0 aliphatic carbocycles. The first kappa shape index (κ1) is 14.1. The minimum absolute atomic E-state index is 0.0705. The number of rotatable bonds is 7. The second-order valence-electron chi connectivity index (χ2n) is 4.38. The molecule has 1 aromatic carbocycles. The summed E-state index contributed by atoms with van der Waals surface area (Å²) in [7, 11) is 2.06. The lowest BCUT2D eigenvalue weighted by molar-refractivity contribution is 0.300. The molecule has 0 heterocycles. The maximum absolute atomic E-state index is 13.8. The van der Waals surface area contributed by atoms with Crippen molar-refractivity contribution in [2.75, 3.05) is 26.7 Å². The van der Waals surface area contributed by atoms with Crippen LogP contribution in [-0.4, -0.2) is 31.6 Å². The highest BCUT2D eigenvalue weighted by atomic mass is 19.1. The Hall–Kier alpha value is -0.930. The molecule has 96 valence electrons. The Bertz CT molecular complexity index is 328. The summed E-state index contributed by atoms with van der Waals surface area (Å²) >= 11 is 0. The van der Waals surface area contributed by atoms with Crippen molar-refractivity contribution < 1.29 is 4.39 Å². The first-order valence-corrected chi connectivity index (χ1v) is 6.35. The third-order valence-electron chi connectivity index (χ3n) is 2.96. The summed E-state index contributed by atoms with van der Waals surface area (Å²) in [5.41, 5.74) is 0.765. The largest absolute Gasteiger partial charge is 0.309 e. The first-order chi connectivity index (χ1) is 8.19. The van der Waals surface area contributed by atoms with Crippen molar-refractivity contribution in [2.45, 2.75) is 26.3 Å². The van der Waals surface area contributed by atoms with Gasteiger partial charge in [0.2, 0.25) is 0 Å². The molecule has 1 N–H and O–H groups in total. The molecule has 17 heavy (non-hydrogen) atoms. The predicted octanol–water partition coefficient (Wildman–Crippen LogP) is 2.82. The van der Waals surface area contributed by atoms with E-state index < -0.39 is 0 Å². The summed E-state index contributed by atoms with van der Waals surface area (Å²) in [6.07, 6.45) is 1.06. The molecule has 0 aliphatic rings. The molecule has 1 atom stereocenters. The number of nitrogens with one attached hydrogen (secondary N) is 1. The van der Waals surface area contributed by atoms with Crippen LogP contribution in [0.4, 0.5) is 4.39 Å². The molecular formula is C14H23FN2. The lowest BCUT2D eigenvalue weighted by Crippen LogP contribution is -2.34. The zero-order valence-corrected chi connectivity index (χ0v) is 11.0. The molecule has 0 saturated carbocycles. The third kappa shape index (κ3) is 4.44. The Morgan fingerprint density at radius 1 is 1.29 bits per heavy atom. The van der Waals surface area contributed by atoms with Crippen molar-refractivity contribution in [3.05, 3.63) is 35.6 Å². The van der Waals surface area contributed by atoms with Crippen LogP contribution in [0.1, 0.15) is 31.9 Å². The summed E-state index contributed by atoms with van der Waals surface area (Å²) in [4.78, 5) is 2.19. The Morgan fingerprint density at radius 3 is 2.59 bits per heavy atom. The molecule has 0 bridgehead atoms. The van der Waals surface area contributed by atoms with E-state index in [0.717, 1.165) is 31.6 Å². The standard InChI is InChI=1S/C14H23FN2/c1-4-10-16-14(11-17(3)5-2)12-8-6-7-9-13(12)15/h6-9,14,16H,4-5,10-11H2,1-3H3. The van der Waals surface area contributed by atoms with E-state index in [0.29, 0.717) is 0 Å². The van der Waals surface area contributed by atoms with Gasteiger partial charge in [-0.05, 0) is 32.6 Å². The predicted molar refractivity (Wildman–Crippen MR) is 70.6 cm³/mol. The van der Waals surface area contributed by atoms with Gasteiger partial charge in [-0.2, -0.15) is 0 Å². The number of likely N-dealkylation sites (N-methyl/N-ethyl adjacent to an activating group) is 1. The van der Waals surface area contributed by atoms with Crippen molar-refractivity contribution in [1.82, 2.24) is 10.2 Å². The van der Waals surface area contributed by atoms with Gasteiger partial charge in [0, 0.05) is 18.2 Å². The van der Waals surface area contributed by atoms with Crippen LogP contribution in [0, 0.1) is 5.82 Å². The summed E-state index contributed by atoms with van der Waals surface area (Å²) in [5.74, 6) is -0.120. The molecule has 2 nitrogen and oxygen atoms in total. The summed E-state index contributed by atoms with van der Waals surface area (Å²) in [6.45, 7) is 6.94. The third-order valence-corrected chi connectivity index (χ3v) is 2.96. The van der Waals surface area contributed by atoms with E-state index in [9.17, 15) is 4.39 Å². The molecule has 0 aliphatic heterocycles. The van der Waals surface area contributed by atoms with E-state index >= 15 is 0 Å². The average Bonchev–Trinajstić information content (AvgIpc) is 2.35. The van der Waals surface area contributed by atoms with Crippen LogP contribution in [0.15, 0.2) is 24.3 Å². The smallest absolute Gasteiger partial charge is 0.128 e. The maximum Gasteiger partial charge on any atom is 0.128 e. The van der Waals surface area contributed by atoms with E-state index in [1.807, 2.05) is 12.1 Å². The Kier molecular flexibility index (Phi) is 6.16. The van der Waals surface area contributed by atoms with E-state index in [1.54, 1.807) is 6.07 Å². The maximum atomic E-state index is 13.8. The van der Waals surface area contributed by atoms with Gasteiger partial charge in [-0.1, -0.05) is 32.0 Å². The van der Waals surface area contributed by atoms with Crippen molar-refractivity contribution >= 4 is 0 Å². The molecule has 1 unspecified atom stereocenters. The van der Waals surface area contributed by atoms with Gasteiger partial charge in [-0.15, -0.1) is 0 Å². The highest BCUT2D eigenvalue weighted by Crippen LogP contribution is 2.17. The Morgan fingerprint density at radius 2 is 2.00 bits per heavy atom. The molecule has 1 aromatic rings. The highest BCUT2D eigenvalue weighted by Gasteiger charge is 2.15. The van der Waals surface area contributed by atoms with E-state index in [2.05, 4.69) is 31.1 Å². The van der Waals surface area contributed by atoms with Crippen molar-refractivity contribution in [2.24, 2.45) is 0 Å². The molecular weight excluding hydrogens is 215 g/mol. The van der Waals surface area contributed by atoms with Crippen LogP contribution in [-0.2, 0) is 0 Å². The second-order valence-corrected chi connectivity index (χ2v) is 4.38. The second kappa shape index (κ2) is 7.41. The Labute approximate surface area is 104 Å². The molecule has 0 radical (unpaired) electrons. The molecule has 0 spiro atoms. The highest BCUT2D eigenvalue weighted by molar-refractivity contribution is 5.21. The molecule has 0 amide bonds.